The largest absolute Gasteiger partial charge is 0.459 e. The van der Waals surface area contributed by atoms with Crippen LogP contribution in [0.4, 0.5) is 0 Å². The second kappa shape index (κ2) is 5.62. The molecule has 5 rings (SSSR count). The molecule has 5 atom stereocenters. The van der Waals surface area contributed by atoms with Crippen molar-refractivity contribution in [2.24, 2.45) is 0 Å². The van der Waals surface area contributed by atoms with Gasteiger partial charge >= 0.3 is 5.97 Å². The highest BCUT2D eigenvalue weighted by Gasteiger charge is 2.71. The van der Waals surface area contributed by atoms with Crippen molar-refractivity contribution in [1.82, 2.24) is 0 Å². The van der Waals surface area contributed by atoms with Crippen molar-refractivity contribution >= 4 is 28.6 Å². The molecule has 3 aliphatic rings. The molecule has 3 saturated heterocycles. The fraction of sp³-hybridized carbons (Fsp3) is 0.526. The first-order valence-corrected chi connectivity index (χ1v) is 8.80. The maximum atomic E-state index is 14.0. The van der Waals surface area contributed by atoms with Crippen molar-refractivity contribution in [3.05, 3.63) is 44.6 Å². The topological polar surface area (TPSA) is 59.1 Å². The van der Waals surface area contributed by atoms with E-state index in [0.29, 0.717) is 0 Å². The maximum absolute atomic E-state index is 14.0. The van der Waals surface area contributed by atoms with Crippen molar-refractivity contribution in [2.75, 3.05) is 14.0 Å². The fourth-order valence-electron chi connectivity index (χ4n) is 2.76. The standard InChI is InChI=1S/C19H22NO4S2/c1-20(2)12-9-11(10-13(20)17-16(12)24-17)23-18(21)19(22,14-5-3-7-25-14)15-6-4-8-26-15/h3-8,11-13,16-17,22H,9-10H2,1-2H3/q+1/i1D3,2D3,3D,4D,5D,6D,7D,8D,9D2,11D,12D,13D,16D,17D. The summed E-state index contributed by atoms with van der Waals surface area (Å²) in [4.78, 5) is 12.2. The molecule has 0 radical (unpaired) electrons. The predicted molar refractivity (Wildman–Crippen MR) is 99.1 cm³/mol. The molecule has 0 spiro atoms. The van der Waals surface area contributed by atoms with Gasteiger partial charge in [-0.15, -0.1) is 22.7 Å². The van der Waals surface area contributed by atoms with Gasteiger partial charge in [0.2, 0.25) is 5.60 Å². The third kappa shape index (κ3) is 2.28. The van der Waals surface area contributed by atoms with E-state index in [1.807, 2.05) is 0 Å². The molecule has 1 N–H and O–H groups in total. The molecule has 3 aliphatic heterocycles. The van der Waals surface area contributed by atoms with Gasteiger partial charge in [-0.05, 0) is 22.8 Å². The Hall–Kier alpha value is -1.25. The maximum Gasteiger partial charge on any atom is 0.349 e. The van der Waals surface area contributed by atoms with Gasteiger partial charge < -0.3 is 19.1 Å². The Bertz CT molecular complexity index is 1590. The van der Waals surface area contributed by atoms with E-state index in [1.54, 1.807) is 0 Å². The number of esters is 1. The average Bonchev–Trinajstić information content (AvgIpc) is 3.22. The summed E-state index contributed by atoms with van der Waals surface area (Å²) in [5.41, 5.74) is -3.49. The van der Waals surface area contributed by atoms with E-state index < -0.39 is 118 Å². The minimum Gasteiger partial charge on any atom is -0.459 e. The molecule has 5 nitrogen and oxygen atoms in total. The van der Waals surface area contributed by atoms with Crippen LogP contribution in [0.3, 0.4) is 0 Å². The number of piperidine rings is 1. The number of carbonyl (C=O) groups is 1. The van der Waals surface area contributed by atoms with Gasteiger partial charge in [-0.25, -0.2) is 4.79 Å². The SMILES string of the molecule is [2H]c1sc(C(O)(C(=O)OC2([2H])CC3([2H])C4([2H])OC4([2H])C([2H])(C2([2H])[2H])[N+]3(C([2H])([2H])[2H])C([2H])([2H])[2H])c2sc([2H])c([2H])c2[2H])c([2H])c1[2H]. The van der Waals surface area contributed by atoms with Gasteiger partial charge in [0.15, 0.2) is 0 Å². The Morgan fingerprint density at radius 2 is 2.04 bits per heavy atom. The zero-order valence-corrected chi connectivity index (χ0v) is 14.3. The Labute approximate surface area is 187 Å². The molecular formula is C19H22NO4S2+. The molecule has 0 amide bonds. The van der Waals surface area contributed by atoms with Crippen molar-refractivity contribution in [1.29, 1.82) is 0 Å². The molecule has 138 valence electrons. The molecule has 3 fully saturated rings. The predicted octanol–water partition coefficient (Wildman–Crippen LogP) is 2.35. The minimum absolute atomic E-state index is 0.161. The number of aliphatic hydroxyl groups is 1. The highest BCUT2D eigenvalue weighted by Crippen LogP contribution is 2.52. The van der Waals surface area contributed by atoms with Gasteiger partial charge in [-0.1, -0.05) is 12.1 Å². The monoisotopic (exact) mass is 411 g/mol. The van der Waals surface area contributed by atoms with E-state index >= 15 is 0 Å². The Morgan fingerprint density at radius 3 is 2.62 bits per heavy atom. The van der Waals surface area contributed by atoms with Crippen molar-refractivity contribution in [2.45, 2.75) is 48.7 Å². The van der Waals surface area contributed by atoms with Gasteiger partial charge in [0.05, 0.1) is 47.0 Å². The normalized spacial score (nSPS) is 62.0. The van der Waals surface area contributed by atoms with Crippen molar-refractivity contribution < 1.29 is 49.9 Å². The van der Waals surface area contributed by atoms with Crippen LogP contribution in [0, 0.1) is 0 Å². The van der Waals surface area contributed by atoms with Gasteiger partial charge in [-0.3, -0.25) is 0 Å². The smallest absolute Gasteiger partial charge is 0.349 e. The van der Waals surface area contributed by atoms with E-state index in [0.717, 1.165) is 0 Å². The lowest BCUT2D eigenvalue weighted by Gasteiger charge is -2.45. The zero-order valence-electron chi connectivity index (χ0n) is 31.6. The zero-order chi connectivity index (χ0) is 34.7. The Balaban J connectivity index is 1.77. The molecule has 26 heavy (non-hydrogen) atoms. The Morgan fingerprint density at radius 1 is 1.38 bits per heavy atom. The number of epoxide rings is 1. The summed E-state index contributed by atoms with van der Waals surface area (Å²) in [6.07, 6.45) is -16.4. The minimum atomic E-state index is -4.12. The molecule has 7 heteroatoms. The van der Waals surface area contributed by atoms with Crippen LogP contribution in [0.1, 0.15) is 48.6 Å². The molecule has 5 heterocycles. The Kier molecular flexibility index (Phi) is 1.32. The number of thiophene rings is 2. The van der Waals surface area contributed by atoms with Gasteiger partial charge in [-0.2, -0.15) is 0 Å². The molecule has 2 bridgehead atoms. The van der Waals surface area contributed by atoms with Crippen LogP contribution in [0.2, 0.25) is 0 Å². The second-order valence-corrected chi connectivity index (χ2v) is 7.25. The summed E-state index contributed by atoms with van der Waals surface area (Å²) in [5.74, 6) is -2.15. The highest BCUT2D eigenvalue weighted by atomic mass is 32.1. The molecule has 2 aromatic rings. The second-order valence-electron chi connectivity index (χ2n) is 5.62. The summed E-state index contributed by atoms with van der Waals surface area (Å²) in [5, 5.41) is 10.5. The lowest BCUT2D eigenvalue weighted by atomic mass is 9.95. The van der Waals surface area contributed by atoms with Gasteiger partial charge in [0.25, 0.3) is 0 Å². The lowest BCUT2D eigenvalue weighted by molar-refractivity contribution is -0.938. The third-order valence-corrected chi connectivity index (χ3v) is 5.71. The third-order valence-electron chi connectivity index (χ3n) is 4.10. The molecule has 0 aromatic carbocycles. The highest BCUT2D eigenvalue weighted by molar-refractivity contribution is 7.12. The number of quaternary nitrogens is 1. The van der Waals surface area contributed by atoms with E-state index in [2.05, 4.69) is 0 Å². The van der Waals surface area contributed by atoms with Crippen LogP contribution < -0.4 is 0 Å². The summed E-state index contributed by atoms with van der Waals surface area (Å²) < 4.78 is 166. The van der Waals surface area contributed by atoms with E-state index in [9.17, 15) is 9.90 Å². The number of nitrogens with zero attached hydrogens (tertiary/aromatic N) is 1. The number of morpholine rings is 1. The number of hydrogen-bond donors (Lipinski definition) is 1. The lowest BCUT2D eigenvalue weighted by Crippen LogP contribution is -2.60. The van der Waals surface area contributed by atoms with Crippen molar-refractivity contribution in [3.63, 3.8) is 0 Å². The van der Waals surface area contributed by atoms with Crippen LogP contribution in [0.15, 0.2) is 34.9 Å². The number of rotatable bonds is 4. The molecule has 0 aliphatic carbocycles. The summed E-state index contributed by atoms with van der Waals surface area (Å²) in [6.45, 7) is -8.07. The molecule has 5 unspecified atom stereocenters. The van der Waals surface area contributed by atoms with Crippen LogP contribution in [-0.4, -0.2) is 59.8 Å². The first kappa shape index (κ1) is 6.12. The summed E-state index contributed by atoms with van der Waals surface area (Å²) in [7, 11) is 0. The number of ether oxygens (including phenoxy) is 2. The fourth-order valence-corrected chi connectivity index (χ4v) is 4.11. The van der Waals surface area contributed by atoms with Gasteiger partial charge in [0.1, 0.15) is 30.3 Å². The van der Waals surface area contributed by atoms with E-state index in [1.165, 1.54) is 0 Å². The average molecular weight is 412 g/mol. The first-order chi connectivity index (χ1) is 20.0. The number of hydrogen-bond acceptors (Lipinski definition) is 6. The molecule has 0 saturated carbocycles. The van der Waals surface area contributed by atoms with Crippen LogP contribution >= 0.6 is 22.7 Å². The van der Waals surface area contributed by atoms with Crippen LogP contribution in [0.5, 0.6) is 0 Å². The number of likely N-dealkylation sites (N-methyl/N-ethyl adjacent to an activating group) is 1. The molecule has 2 aromatic heterocycles. The first-order valence-electron chi connectivity index (χ1n) is 16.7. The van der Waals surface area contributed by atoms with Gasteiger partial charge in [0, 0.05) is 15.5 Å². The van der Waals surface area contributed by atoms with Crippen LogP contribution in [0.25, 0.3) is 0 Å². The summed E-state index contributed by atoms with van der Waals surface area (Å²) in [6, 6.07) is -11.3. The van der Waals surface area contributed by atoms with Crippen LogP contribution in [-0.2, 0) is 19.9 Å². The van der Waals surface area contributed by atoms with E-state index in [4.69, 9.17) is 35.5 Å². The number of carbonyl (C=O) groups excluding carboxylic acids is 1. The van der Waals surface area contributed by atoms with Crippen molar-refractivity contribution in [3.8, 4) is 0 Å². The number of fused-ring (bicyclic) bond motifs is 5. The summed E-state index contributed by atoms with van der Waals surface area (Å²) >= 11 is 0.322. The quantitative estimate of drug-likeness (QED) is 0.477. The molecular weight excluding hydrogens is 370 g/mol. The van der Waals surface area contributed by atoms with E-state index in [-0.39, 0.29) is 22.7 Å².